The second-order valence-corrected chi connectivity index (χ2v) is 7.68. The third kappa shape index (κ3) is 3.71. The Kier molecular flexibility index (Phi) is 4.37. The fourth-order valence-electron chi connectivity index (χ4n) is 3.00. The second-order valence-electron chi connectivity index (χ2n) is 7.68. The Morgan fingerprint density at radius 3 is 2.48 bits per heavy atom. The van der Waals surface area contributed by atoms with Gasteiger partial charge in [0.2, 0.25) is 5.91 Å². The van der Waals surface area contributed by atoms with Crippen LogP contribution in [-0.2, 0) is 10.2 Å². The van der Waals surface area contributed by atoms with Crippen LogP contribution >= 0.6 is 0 Å². The summed E-state index contributed by atoms with van der Waals surface area (Å²) in [6, 6.07) is 4.11. The first-order chi connectivity index (χ1) is 10.9. The maximum Gasteiger partial charge on any atom is 0.223 e. The summed E-state index contributed by atoms with van der Waals surface area (Å²) in [6.07, 6.45) is 5.96. The van der Waals surface area contributed by atoms with E-state index < -0.39 is 0 Å². The number of hydrogen-bond donors (Lipinski definition) is 1. The second kappa shape index (κ2) is 6.30. The van der Waals surface area contributed by atoms with Crippen LogP contribution in [0, 0.1) is 11.8 Å². The first-order valence-electron chi connectivity index (χ1n) is 8.45. The lowest BCUT2D eigenvalue weighted by atomic mass is 9.92. The third-order valence-electron chi connectivity index (χ3n) is 4.64. The number of anilines is 1. The van der Waals surface area contributed by atoms with E-state index in [9.17, 15) is 4.79 Å². The summed E-state index contributed by atoms with van der Waals surface area (Å²) in [5.41, 5.74) is 1.04. The van der Waals surface area contributed by atoms with Crippen molar-refractivity contribution in [1.82, 2.24) is 15.5 Å². The number of hydrogen-bond acceptors (Lipinski definition) is 4. The Balaban J connectivity index is 1.43. The molecule has 0 aromatic carbocycles. The van der Waals surface area contributed by atoms with Crippen molar-refractivity contribution in [2.24, 2.45) is 11.8 Å². The molecule has 1 N–H and O–H groups in total. The van der Waals surface area contributed by atoms with Crippen LogP contribution in [0.1, 0.15) is 39.3 Å². The van der Waals surface area contributed by atoms with Crippen molar-refractivity contribution in [2.45, 2.75) is 39.0 Å². The van der Waals surface area contributed by atoms with Crippen LogP contribution < -0.4 is 10.2 Å². The Labute approximate surface area is 138 Å². The predicted molar refractivity (Wildman–Crippen MR) is 91.3 cm³/mol. The van der Waals surface area contributed by atoms with E-state index in [2.05, 4.69) is 59.4 Å². The number of rotatable bonds is 4. The maximum absolute atomic E-state index is 12.0. The molecule has 5 heteroatoms. The lowest BCUT2D eigenvalue weighted by Gasteiger charge is -2.40. The number of allylic oxidation sites excluding steroid dienone is 2. The molecule has 1 aromatic heterocycles. The van der Waals surface area contributed by atoms with E-state index in [1.807, 2.05) is 6.07 Å². The molecule has 3 rings (SSSR count). The zero-order valence-corrected chi connectivity index (χ0v) is 14.2. The van der Waals surface area contributed by atoms with Gasteiger partial charge >= 0.3 is 0 Å². The van der Waals surface area contributed by atoms with Gasteiger partial charge in [-0.1, -0.05) is 32.9 Å². The third-order valence-corrected chi connectivity index (χ3v) is 4.64. The molecule has 23 heavy (non-hydrogen) atoms. The fraction of sp³-hybridized carbons (Fsp3) is 0.611. The van der Waals surface area contributed by atoms with Crippen molar-refractivity contribution < 1.29 is 4.79 Å². The molecule has 1 saturated heterocycles. The van der Waals surface area contributed by atoms with E-state index in [-0.39, 0.29) is 17.2 Å². The summed E-state index contributed by atoms with van der Waals surface area (Å²) < 4.78 is 0. The number of amides is 1. The van der Waals surface area contributed by atoms with Crippen LogP contribution in [0.25, 0.3) is 0 Å². The van der Waals surface area contributed by atoms with Gasteiger partial charge in [0.05, 0.1) is 5.69 Å². The largest absolute Gasteiger partial charge is 0.355 e. The van der Waals surface area contributed by atoms with Crippen molar-refractivity contribution in [3.8, 4) is 0 Å². The molecule has 0 saturated carbocycles. The molecule has 1 fully saturated rings. The van der Waals surface area contributed by atoms with Gasteiger partial charge in [-0.2, -0.15) is 5.10 Å². The van der Waals surface area contributed by atoms with Crippen LogP contribution in [0.5, 0.6) is 0 Å². The summed E-state index contributed by atoms with van der Waals surface area (Å²) in [5.74, 6) is 1.79. The molecule has 0 atom stereocenters. The summed E-state index contributed by atoms with van der Waals surface area (Å²) in [4.78, 5) is 14.2. The Bertz CT molecular complexity index is 574. The summed E-state index contributed by atoms with van der Waals surface area (Å²) in [6.45, 7) is 9.05. The van der Waals surface area contributed by atoms with Crippen molar-refractivity contribution in [3.05, 3.63) is 30.0 Å². The predicted octanol–water partition coefficient (Wildman–Crippen LogP) is 2.29. The average molecular weight is 314 g/mol. The van der Waals surface area contributed by atoms with Crippen molar-refractivity contribution in [3.63, 3.8) is 0 Å². The van der Waals surface area contributed by atoms with Crippen LogP contribution in [0.2, 0.25) is 0 Å². The monoisotopic (exact) mass is 314 g/mol. The van der Waals surface area contributed by atoms with E-state index in [4.69, 9.17) is 0 Å². The van der Waals surface area contributed by atoms with Crippen LogP contribution in [0.15, 0.2) is 24.3 Å². The highest BCUT2D eigenvalue weighted by molar-refractivity contribution is 5.79. The highest BCUT2D eigenvalue weighted by atomic mass is 16.1. The molecule has 1 aliphatic carbocycles. The Morgan fingerprint density at radius 1 is 1.22 bits per heavy atom. The van der Waals surface area contributed by atoms with Gasteiger partial charge in [-0.3, -0.25) is 4.79 Å². The normalized spacial score (nSPS) is 19.0. The molecule has 0 unspecified atom stereocenters. The van der Waals surface area contributed by atoms with Gasteiger partial charge < -0.3 is 10.2 Å². The van der Waals surface area contributed by atoms with Gasteiger partial charge in [-0.25, -0.2) is 0 Å². The van der Waals surface area contributed by atoms with Crippen LogP contribution in [0.3, 0.4) is 0 Å². The SMILES string of the molecule is CC(C)(C)c1ccc(N2CC(CNC(=O)C3CC=CC3)C2)nn1. The number of aromatic nitrogens is 2. The number of nitrogens with zero attached hydrogens (tertiary/aromatic N) is 3. The molecular formula is C18H26N4O. The molecular weight excluding hydrogens is 288 g/mol. The molecule has 2 heterocycles. The van der Waals surface area contributed by atoms with E-state index in [0.29, 0.717) is 5.92 Å². The van der Waals surface area contributed by atoms with Crippen molar-refractivity contribution in [2.75, 3.05) is 24.5 Å². The lowest BCUT2D eigenvalue weighted by molar-refractivity contribution is -0.124. The van der Waals surface area contributed by atoms with E-state index in [1.165, 1.54) is 0 Å². The molecule has 1 aromatic rings. The van der Waals surface area contributed by atoms with Crippen molar-refractivity contribution in [1.29, 1.82) is 0 Å². The highest BCUT2D eigenvalue weighted by Crippen LogP contribution is 2.25. The van der Waals surface area contributed by atoms with E-state index >= 15 is 0 Å². The topological polar surface area (TPSA) is 58.1 Å². The molecule has 124 valence electrons. The minimum absolute atomic E-state index is 0.0301. The molecule has 2 aliphatic rings. The first kappa shape index (κ1) is 16.0. The lowest BCUT2D eigenvalue weighted by Crippen LogP contribution is -2.52. The first-order valence-corrected chi connectivity index (χ1v) is 8.45. The molecule has 1 amide bonds. The molecule has 0 radical (unpaired) electrons. The molecule has 5 nitrogen and oxygen atoms in total. The van der Waals surface area contributed by atoms with Crippen molar-refractivity contribution >= 4 is 11.7 Å². The van der Waals surface area contributed by atoms with E-state index in [0.717, 1.165) is 44.0 Å². The maximum atomic E-state index is 12.0. The molecule has 0 bridgehead atoms. The highest BCUT2D eigenvalue weighted by Gasteiger charge is 2.29. The fourth-order valence-corrected chi connectivity index (χ4v) is 3.00. The number of nitrogens with one attached hydrogen (secondary N) is 1. The minimum atomic E-state index is 0.0301. The zero-order chi connectivity index (χ0) is 16.4. The minimum Gasteiger partial charge on any atom is -0.355 e. The zero-order valence-electron chi connectivity index (χ0n) is 14.2. The standard InChI is InChI=1S/C18H26N4O/c1-18(2,3)15-8-9-16(21-20-15)22-11-13(12-22)10-19-17(23)14-6-4-5-7-14/h4-5,8-9,13-14H,6-7,10-12H2,1-3H3,(H,19,23). The summed E-state index contributed by atoms with van der Waals surface area (Å²) in [5, 5.41) is 11.8. The summed E-state index contributed by atoms with van der Waals surface area (Å²) in [7, 11) is 0. The molecule has 0 spiro atoms. The average Bonchev–Trinajstić information content (AvgIpc) is 2.99. The summed E-state index contributed by atoms with van der Waals surface area (Å²) >= 11 is 0. The van der Waals surface area contributed by atoms with Crippen LogP contribution in [0.4, 0.5) is 5.82 Å². The Hall–Kier alpha value is -1.91. The van der Waals surface area contributed by atoms with E-state index in [1.54, 1.807) is 0 Å². The van der Waals surface area contributed by atoms with Gasteiger partial charge in [-0.05, 0) is 25.0 Å². The van der Waals surface area contributed by atoms with Gasteiger partial charge in [0, 0.05) is 36.9 Å². The van der Waals surface area contributed by atoms with Gasteiger partial charge in [0.15, 0.2) is 5.82 Å². The molecule has 1 aliphatic heterocycles. The smallest absolute Gasteiger partial charge is 0.223 e. The van der Waals surface area contributed by atoms with Gasteiger partial charge in [-0.15, -0.1) is 5.10 Å². The van der Waals surface area contributed by atoms with Crippen LogP contribution in [-0.4, -0.2) is 35.7 Å². The number of carbonyl (C=O) groups is 1. The number of carbonyl (C=O) groups excluding carboxylic acids is 1. The van der Waals surface area contributed by atoms with Gasteiger partial charge in [0.1, 0.15) is 0 Å². The van der Waals surface area contributed by atoms with Gasteiger partial charge in [0.25, 0.3) is 0 Å². The Morgan fingerprint density at radius 2 is 1.91 bits per heavy atom. The quantitative estimate of drug-likeness (QED) is 0.866.